The number of hydrogen-bond donors (Lipinski definition) is 0. The van der Waals surface area contributed by atoms with Crippen molar-refractivity contribution in [3.05, 3.63) is 22.3 Å². The van der Waals surface area contributed by atoms with Gasteiger partial charge in [-0.15, -0.1) is 11.6 Å². The van der Waals surface area contributed by atoms with Crippen LogP contribution in [0.1, 0.15) is 19.4 Å². The fourth-order valence-corrected chi connectivity index (χ4v) is 1.51. The van der Waals surface area contributed by atoms with Gasteiger partial charge in [-0.05, 0) is 27.9 Å². The Morgan fingerprint density at radius 3 is 2.86 bits per heavy atom. The molecule has 0 bridgehead atoms. The molecule has 0 aromatic carbocycles. The number of hydrogen-bond acceptors (Lipinski definition) is 2. The summed E-state index contributed by atoms with van der Waals surface area (Å²) in [5, 5.41) is 0. The van der Waals surface area contributed by atoms with Gasteiger partial charge in [-0.2, -0.15) is 0 Å². The number of alkyl halides is 1. The monoisotopic (exact) mass is 277 g/mol. The van der Waals surface area contributed by atoms with E-state index in [-0.39, 0.29) is 0 Å². The summed E-state index contributed by atoms with van der Waals surface area (Å²) in [5.74, 6) is 1.54. The van der Waals surface area contributed by atoms with Gasteiger partial charge in [0.1, 0.15) is 0 Å². The second-order valence-electron chi connectivity index (χ2n) is 3.46. The molecule has 0 amide bonds. The van der Waals surface area contributed by atoms with Crippen LogP contribution < -0.4 is 4.74 Å². The molecule has 0 saturated heterocycles. The summed E-state index contributed by atoms with van der Waals surface area (Å²) in [6.07, 6.45) is 1.71. The second-order valence-corrected chi connectivity index (χ2v) is 4.64. The lowest BCUT2D eigenvalue weighted by Crippen LogP contribution is -2.07. The molecular formula is C10H13BrClNO. The van der Waals surface area contributed by atoms with Crippen LogP contribution in [0.2, 0.25) is 0 Å². The molecule has 1 rings (SSSR count). The normalized spacial score (nSPS) is 10.6. The van der Waals surface area contributed by atoms with Gasteiger partial charge in [0.05, 0.1) is 12.5 Å². The van der Waals surface area contributed by atoms with Crippen LogP contribution in [-0.2, 0) is 5.88 Å². The number of aromatic nitrogens is 1. The van der Waals surface area contributed by atoms with Crippen molar-refractivity contribution in [1.29, 1.82) is 0 Å². The van der Waals surface area contributed by atoms with Gasteiger partial charge < -0.3 is 4.74 Å². The summed E-state index contributed by atoms with van der Waals surface area (Å²) in [5.41, 5.74) is 0.918. The zero-order valence-electron chi connectivity index (χ0n) is 8.26. The third-order valence-corrected chi connectivity index (χ3v) is 2.31. The molecule has 4 heteroatoms. The van der Waals surface area contributed by atoms with Gasteiger partial charge in [0, 0.05) is 16.2 Å². The van der Waals surface area contributed by atoms with Crippen molar-refractivity contribution in [1.82, 2.24) is 4.98 Å². The van der Waals surface area contributed by atoms with Gasteiger partial charge in [0.15, 0.2) is 0 Å². The summed E-state index contributed by atoms with van der Waals surface area (Å²) >= 11 is 9.12. The molecule has 0 spiro atoms. The molecule has 78 valence electrons. The zero-order valence-corrected chi connectivity index (χ0v) is 10.6. The third kappa shape index (κ3) is 3.46. The Bertz CT molecular complexity index is 304. The number of pyridine rings is 1. The maximum absolute atomic E-state index is 5.78. The van der Waals surface area contributed by atoms with E-state index in [1.54, 1.807) is 6.20 Å². The molecule has 0 radical (unpaired) electrons. The molecular weight excluding hydrogens is 265 g/mol. The minimum Gasteiger partial charge on any atom is -0.477 e. The van der Waals surface area contributed by atoms with Crippen molar-refractivity contribution in [2.24, 2.45) is 5.92 Å². The molecule has 0 atom stereocenters. The quantitative estimate of drug-likeness (QED) is 0.785. The maximum atomic E-state index is 5.78. The van der Waals surface area contributed by atoms with E-state index in [9.17, 15) is 0 Å². The van der Waals surface area contributed by atoms with Crippen LogP contribution in [0.4, 0.5) is 0 Å². The highest BCUT2D eigenvalue weighted by Gasteiger charge is 2.06. The molecule has 2 nitrogen and oxygen atoms in total. The summed E-state index contributed by atoms with van der Waals surface area (Å²) < 4.78 is 6.45. The molecule has 0 unspecified atom stereocenters. The zero-order chi connectivity index (χ0) is 10.6. The lowest BCUT2D eigenvalue weighted by molar-refractivity contribution is 0.259. The minimum atomic E-state index is 0.417. The Labute approximate surface area is 97.8 Å². The number of halogens is 2. The number of nitrogens with zero attached hydrogens (tertiary/aromatic N) is 1. The lowest BCUT2D eigenvalue weighted by Gasteiger charge is -2.10. The van der Waals surface area contributed by atoms with Crippen LogP contribution in [-0.4, -0.2) is 11.6 Å². The first-order valence-electron chi connectivity index (χ1n) is 4.46. The van der Waals surface area contributed by atoms with E-state index < -0.39 is 0 Å². The van der Waals surface area contributed by atoms with Crippen molar-refractivity contribution in [3.8, 4) is 5.88 Å². The van der Waals surface area contributed by atoms with E-state index in [1.165, 1.54) is 0 Å². The number of ether oxygens (including phenoxy) is 1. The molecule has 14 heavy (non-hydrogen) atoms. The van der Waals surface area contributed by atoms with Crippen molar-refractivity contribution in [2.75, 3.05) is 6.61 Å². The highest BCUT2D eigenvalue weighted by Crippen LogP contribution is 2.21. The van der Waals surface area contributed by atoms with E-state index in [0.29, 0.717) is 24.3 Å². The van der Waals surface area contributed by atoms with Crippen LogP contribution in [0.25, 0.3) is 0 Å². The highest BCUT2D eigenvalue weighted by molar-refractivity contribution is 9.10. The minimum absolute atomic E-state index is 0.417. The molecule has 0 aliphatic heterocycles. The van der Waals surface area contributed by atoms with E-state index in [4.69, 9.17) is 16.3 Å². The van der Waals surface area contributed by atoms with Crippen LogP contribution in [0.5, 0.6) is 5.88 Å². The predicted octanol–water partition coefficient (Wildman–Crippen LogP) is 3.62. The van der Waals surface area contributed by atoms with Gasteiger partial charge in [-0.25, -0.2) is 4.98 Å². The van der Waals surface area contributed by atoms with Crippen LogP contribution in [0.15, 0.2) is 16.7 Å². The van der Waals surface area contributed by atoms with E-state index in [1.807, 2.05) is 6.07 Å². The Balaban J connectivity index is 2.75. The van der Waals surface area contributed by atoms with Crippen LogP contribution in [0, 0.1) is 5.92 Å². The first-order valence-corrected chi connectivity index (χ1v) is 5.79. The van der Waals surface area contributed by atoms with Gasteiger partial charge >= 0.3 is 0 Å². The Morgan fingerprint density at radius 1 is 1.57 bits per heavy atom. The molecule has 0 aliphatic carbocycles. The molecule has 0 fully saturated rings. The van der Waals surface area contributed by atoms with E-state index in [0.717, 1.165) is 10.0 Å². The van der Waals surface area contributed by atoms with Gasteiger partial charge in [-0.1, -0.05) is 13.8 Å². The van der Waals surface area contributed by atoms with E-state index in [2.05, 4.69) is 34.8 Å². The smallest absolute Gasteiger partial charge is 0.217 e. The average Bonchev–Trinajstić information content (AvgIpc) is 2.15. The number of rotatable bonds is 4. The summed E-state index contributed by atoms with van der Waals surface area (Å²) in [4.78, 5) is 4.17. The highest BCUT2D eigenvalue weighted by atomic mass is 79.9. The van der Waals surface area contributed by atoms with Crippen molar-refractivity contribution in [3.63, 3.8) is 0 Å². The Hall–Kier alpha value is -0.280. The molecule has 0 N–H and O–H groups in total. The molecule has 1 aromatic rings. The SMILES string of the molecule is CC(C)COc1ncc(Br)cc1CCl. The molecule has 0 aliphatic rings. The van der Waals surface area contributed by atoms with Crippen LogP contribution in [0.3, 0.4) is 0 Å². The summed E-state index contributed by atoms with van der Waals surface area (Å²) in [6.45, 7) is 4.86. The largest absolute Gasteiger partial charge is 0.477 e. The topological polar surface area (TPSA) is 22.1 Å². The lowest BCUT2D eigenvalue weighted by atomic mass is 10.2. The van der Waals surface area contributed by atoms with Crippen molar-refractivity contribution < 1.29 is 4.74 Å². The first kappa shape index (κ1) is 11.8. The fraction of sp³-hybridized carbons (Fsp3) is 0.500. The second kappa shape index (κ2) is 5.56. The van der Waals surface area contributed by atoms with Gasteiger partial charge in [-0.3, -0.25) is 0 Å². The van der Waals surface area contributed by atoms with Gasteiger partial charge in [0.2, 0.25) is 5.88 Å². The Kier molecular flexibility index (Phi) is 4.69. The maximum Gasteiger partial charge on any atom is 0.217 e. The standard InChI is InChI=1S/C10H13BrClNO/c1-7(2)6-14-10-8(4-12)3-9(11)5-13-10/h3,5,7H,4,6H2,1-2H3. The third-order valence-electron chi connectivity index (χ3n) is 1.59. The van der Waals surface area contributed by atoms with Crippen molar-refractivity contribution >= 4 is 27.5 Å². The molecule has 1 aromatic heterocycles. The summed E-state index contributed by atoms with van der Waals surface area (Å²) in [7, 11) is 0. The molecule has 1 heterocycles. The summed E-state index contributed by atoms with van der Waals surface area (Å²) in [6, 6.07) is 1.93. The van der Waals surface area contributed by atoms with Crippen LogP contribution >= 0.6 is 27.5 Å². The van der Waals surface area contributed by atoms with Crippen molar-refractivity contribution in [2.45, 2.75) is 19.7 Å². The van der Waals surface area contributed by atoms with Gasteiger partial charge in [0.25, 0.3) is 0 Å². The Morgan fingerprint density at radius 2 is 2.29 bits per heavy atom. The fourth-order valence-electron chi connectivity index (χ4n) is 0.940. The molecule has 0 saturated carbocycles. The first-order chi connectivity index (χ1) is 6.63. The average molecular weight is 279 g/mol. The predicted molar refractivity (Wildman–Crippen MR) is 61.8 cm³/mol. The van der Waals surface area contributed by atoms with E-state index >= 15 is 0 Å².